The molecule has 0 atom stereocenters. The summed E-state index contributed by atoms with van der Waals surface area (Å²) in [6.07, 6.45) is 6.16. The average molecular weight is 410 g/mol. The van der Waals surface area contributed by atoms with Gasteiger partial charge in [-0.1, -0.05) is 38.8 Å². The minimum Gasteiger partial charge on any atom is -0.507 e. The van der Waals surface area contributed by atoms with E-state index in [1.165, 1.54) is 0 Å². The lowest BCUT2D eigenvalue weighted by atomic mass is 10.0. The van der Waals surface area contributed by atoms with Gasteiger partial charge < -0.3 is 14.6 Å². The molecule has 0 spiro atoms. The predicted octanol–water partition coefficient (Wildman–Crippen LogP) is 5.42. The van der Waals surface area contributed by atoms with Crippen molar-refractivity contribution in [3.63, 3.8) is 0 Å². The molecular weight excluding hydrogens is 378 g/mol. The van der Waals surface area contributed by atoms with E-state index in [0.717, 1.165) is 50.1 Å². The number of phenolic OH excluding ortho intramolecular Hbond substituents is 1. The normalized spacial score (nSPS) is 14.3. The Labute approximate surface area is 178 Å². The number of rotatable bonds is 10. The molecule has 1 N–H and O–H groups in total. The largest absolute Gasteiger partial charge is 0.507 e. The molecule has 2 aromatic rings. The third-order valence-electron chi connectivity index (χ3n) is 5.37. The van der Waals surface area contributed by atoms with Crippen LogP contribution in [0.25, 0.3) is 6.08 Å². The van der Waals surface area contributed by atoms with E-state index in [1.54, 1.807) is 25.3 Å². The highest BCUT2D eigenvalue weighted by atomic mass is 16.5. The number of Topliss-reactive ketones (excluding diaryl/α,β-unsaturated/α-hetero) is 1. The van der Waals surface area contributed by atoms with E-state index >= 15 is 0 Å². The molecule has 5 nitrogen and oxygen atoms in total. The second kappa shape index (κ2) is 10.3. The number of hydrogen-bond acceptors (Lipinski definition) is 5. The lowest BCUT2D eigenvalue weighted by Crippen LogP contribution is -2.25. The van der Waals surface area contributed by atoms with Crippen LogP contribution in [0.15, 0.2) is 42.2 Å². The van der Waals surface area contributed by atoms with Crippen LogP contribution < -0.4 is 9.47 Å². The number of carbonyl (C=O) groups excluding carboxylic acids is 1. The second-order valence-corrected chi connectivity index (χ2v) is 7.64. The van der Waals surface area contributed by atoms with Gasteiger partial charge in [0.25, 0.3) is 0 Å². The molecule has 160 valence electrons. The molecule has 1 aliphatic rings. The number of ether oxygens (including phenoxy) is 2. The molecule has 0 amide bonds. The first-order valence-electron chi connectivity index (χ1n) is 10.7. The SMILES string of the molecule is CCCCN(CCCC)Cc1c(O)ccc2c1O/C(=C/c1ccc(OC)cc1)C2=O. The van der Waals surface area contributed by atoms with Gasteiger partial charge in [-0.2, -0.15) is 0 Å². The van der Waals surface area contributed by atoms with Crippen LogP contribution in [0.3, 0.4) is 0 Å². The van der Waals surface area contributed by atoms with E-state index in [9.17, 15) is 9.90 Å². The molecule has 0 unspecified atom stereocenters. The molecule has 0 aromatic heterocycles. The van der Waals surface area contributed by atoms with Gasteiger partial charge in [0.2, 0.25) is 5.78 Å². The maximum absolute atomic E-state index is 12.9. The van der Waals surface area contributed by atoms with Gasteiger partial charge in [0.1, 0.15) is 17.2 Å². The standard InChI is InChI=1S/C25H31NO4/c1-4-6-14-26(15-7-5-2)17-21-22(27)13-12-20-24(28)23(30-25(20)21)16-18-8-10-19(29-3)11-9-18/h8-13,16,27H,4-7,14-15,17H2,1-3H3/b23-16+. The van der Waals surface area contributed by atoms with Crippen molar-refractivity contribution in [2.45, 2.75) is 46.1 Å². The molecule has 5 heteroatoms. The van der Waals surface area contributed by atoms with Crippen LogP contribution in [-0.2, 0) is 6.54 Å². The highest BCUT2D eigenvalue weighted by molar-refractivity contribution is 6.15. The molecule has 0 saturated heterocycles. The topological polar surface area (TPSA) is 59.0 Å². The van der Waals surface area contributed by atoms with Crippen LogP contribution >= 0.6 is 0 Å². The molecule has 0 bridgehead atoms. The maximum atomic E-state index is 12.9. The van der Waals surface area contributed by atoms with Crippen molar-refractivity contribution in [1.82, 2.24) is 4.90 Å². The van der Waals surface area contributed by atoms with Crippen LogP contribution in [0, 0.1) is 0 Å². The van der Waals surface area contributed by atoms with E-state index in [0.29, 0.717) is 23.4 Å². The maximum Gasteiger partial charge on any atom is 0.231 e. The van der Waals surface area contributed by atoms with E-state index in [4.69, 9.17) is 9.47 Å². The number of fused-ring (bicyclic) bond motifs is 1. The number of benzene rings is 2. The van der Waals surface area contributed by atoms with Crippen molar-refractivity contribution in [3.05, 3.63) is 58.8 Å². The Balaban J connectivity index is 1.86. The van der Waals surface area contributed by atoms with Crippen molar-refractivity contribution >= 4 is 11.9 Å². The van der Waals surface area contributed by atoms with Crippen molar-refractivity contribution in [2.75, 3.05) is 20.2 Å². The Hall–Kier alpha value is -2.79. The number of unbranched alkanes of at least 4 members (excludes halogenated alkanes) is 2. The fourth-order valence-electron chi connectivity index (χ4n) is 3.56. The van der Waals surface area contributed by atoms with Crippen LogP contribution in [-0.4, -0.2) is 36.0 Å². The van der Waals surface area contributed by atoms with Gasteiger partial charge in [0.05, 0.1) is 18.2 Å². The van der Waals surface area contributed by atoms with Crippen molar-refractivity contribution in [1.29, 1.82) is 0 Å². The molecule has 2 aromatic carbocycles. The first kappa shape index (κ1) is 21.9. The third-order valence-corrected chi connectivity index (χ3v) is 5.37. The first-order valence-corrected chi connectivity index (χ1v) is 10.7. The van der Waals surface area contributed by atoms with Crippen LogP contribution in [0.2, 0.25) is 0 Å². The number of carbonyl (C=O) groups is 1. The Kier molecular flexibility index (Phi) is 7.52. The zero-order chi connectivity index (χ0) is 21.5. The Morgan fingerprint density at radius 2 is 1.70 bits per heavy atom. The molecule has 1 heterocycles. The van der Waals surface area contributed by atoms with E-state index in [-0.39, 0.29) is 17.3 Å². The highest BCUT2D eigenvalue weighted by Gasteiger charge is 2.31. The number of allylic oxidation sites excluding steroid dienone is 1. The summed E-state index contributed by atoms with van der Waals surface area (Å²) in [5.41, 5.74) is 2.05. The number of ketones is 1. The monoisotopic (exact) mass is 409 g/mol. The van der Waals surface area contributed by atoms with Gasteiger partial charge in [-0.05, 0) is 61.8 Å². The van der Waals surface area contributed by atoms with E-state index in [1.807, 2.05) is 24.3 Å². The minimum absolute atomic E-state index is 0.157. The molecule has 0 saturated carbocycles. The fraction of sp³-hybridized carbons (Fsp3) is 0.400. The number of phenols is 1. The van der Waals surface area contributed by atoms with Crippen LogP contribution in [0.4, 0.5) is 0 Å². The summed E-state index contributed by atoms with van der Waals surface area (Å²) in [6.45, 7) is 6.84. The van der Waals surface area contributed by atoms with Gasteiger partial charge in [-0.25, -0.2) is 0 Å². The zero-order valence-electron chi connectivity index (χ0n) is 18.1. The lowest BCUT2D eigenvalue weighted by Gasteiger charge is -2.23. The fourth-order valence-corrected chi connectivity index (χ4v) is 3.56. The van der Waals surface area contributed by atoms with Crippen molar-refractivity contribution in [3.8, 4) is 17.2 Å². The minimum atomic E-state index is -0.157. The third kappa shape index (κ3) is 5.03. The van der Waals surface area contributed by atoms with Gasteiger partial charge in [-0.3, -0.25) is 9.69 Å². The lowest BCUT2D eigenvalue weighted by molar-refractivity contribution is 0.101. The highest BCUT2D eigenvalue weighted by Crippen LogP contribution is 2.40. The van der Waals surface area contributed by atoms with Crippen molar-refractivity contribution in [2.24, 2.45) is 0 Å². The van der Waals surface area contributed by atoms with Gasteiger partial charge in [0, 0.05) is 6.54 Å². The van der Waals surface area contributed by atoms with Crippen LogP contribution in [0.5, 0.6) is 17.2 Å². The second-order valence-electron chi connectivity index (χ2n) is 7.64. The summed E-state index contributed by atoms with van der Waals surface area (Å²) < 4.78 is 11.2. The van der Waals surface area contributed by atoms with Gasteiger partial charge in [0.15, 0.2) is 5.76 Å². The zero-order valence-corrected chi connectivity index (χ0v) is 18.1. The molecular formula is C25H31NO4. The molecule has 30 heavy (non-hydrogen) atoms. The van der Waals surface area contributed by atoms with E-state index < -0.39 is 0 Å². The molecule has 0 radical (unpaired) electrons. The predicted molar refractivity (Wildman–Crippen MR) is 119 cm³/mol. The van der Waals surface area contributed by atoms with E-state index in [2.05, 4.69) is 18.7 Å². The average Bonchev–Trinajstić information content (AvgIpc) is 3.07. The van der Waals surface area contributed by atoms with Crippen LogP contribution in [0.1, 0.15) is 61.0 Å². The summed E-state index contributed by atoms with van der Waals surface area (Å²) in [5, 5.41) is 10.5. The summed E-state index contributed by atoms with van der Waals surface area (Å²) in [5.74, 6) is 1.53. The Morgan fingerprint density at radius 1 is 1.03 bits per heavy atom. The summed E-state index contributed by atoms with van der Waals surface area (Å²) in [4.78, 5) is 15.2. The molecule has 0 fully saturated rings. The quantitative estimate of drug-likeness (QED) is 0.531. The van der Waals surface area contributed by atoms with Crippen molar-refractivity contribution < 1.29 is 19.4 Å². The molecule has 0 aliphatic carbocycles. The molecule has 3 rings (SSSR count). The molecule has 1 aliphatic heterocycles. The van der Waals surface area contributed by atoms with Gasteiger partial charge in [-0.15, -0.1) is 0 Å². The number of nitrogens with zero attached hydrogens (tertiary/aromatic N) is 1. The Morgan fingerprint density at radius 3 is 2.30 bits per heavy atom. The smallest absolute Gasteiger partial charge is 0.231 e. The first-order chi connectivity index (χ1) is 14.6. The number of hydrogen-bond donors (Lipinski definition) is 1. The summed E-state index contributed by atoms with van der Waals surface area (Å²) >= 11 is 0. The summed E-state index contributed by atoms with van der Waals surface area (Å²) in [7, 11) is 1.62. The number of aromatic hydroxyl groups is 1. The summed E-state index contributed by atoms with van der Waals surface area (Å²) in [6, 6.07) is 10.7. The number of methoxy groups -OCH3 is 1. The Bertz CT molecular complexity index is 894. The van der Waals surface area contributed by atoms with Gasteiger partial charge >= 0.3 is 0 Å².